The molecule has 0 aromatic rings. The van der Waals surface area contributed by atoms with Gasteiger partial charge in [-0.3, -0.25) is 18.6 Å². The molecular weight excluding hydrogens is 918 g/mol. The van der Waals surface area contributed by atoms with Crippen LogP contribution >= 0.6 is 7.82 Å². The van der Waals surface area contributed by atoms with Gasteiger partial charge in [-0.1, -0.05) is 232 Å². The molecule has 0 aliphatic rings. The molecule has 0 radical (unpaired) electrons. The lowest BCUT2D eigenvalue weighted by atomic mass is 10.1. The summed E-state index contributed by atoms with van der Waals surface area (Å²) in [4.78, 5) is 35.5. The molecule has 72 heavy (non-hydrogen) atoms. The molecule has 0 aliphatic carbocycles. The van der Waals surface area contributed by atoms with Gasteiger partial charge in [0, 0.05) is 12.8 Å². The fourth-order valence-corrected chi connectivity index (χ4v) is 8.16. The number of allylic oxidation sites excluding steroid dienone is 18. The van der Waals surface area contributed by atoms with Gasteiger partial charge >= 0.3 is 19.8 Å². The topological polar surface area (TPSA) is 108 Å². The summed E-state index contributed by atoms with van der Waals surface area (Å²) in [5.41, 5.74) is 0. The number of unbranched alkanes of at least 4 members (excludes halogenated alkanes) is 19. The summed E-state index contributed by atoms with van der Waals surface area (Å²) < 4.78 is 34.4. The van der Waals surface area contributed by atoms with Crippen molar-refractivity contribution in [2.45, 2.75) is 225 Å². The Hall–Kier alpha value is -3.33. The molecule has 1 N–H and O–H groups in total. The number of esters is 2. The fourth-order valence-electron chi connectivity index (χ4n) is 7.42. The number of nitrogens with zero attached hydrogens (tertiary/aromatic N) is 1. The zero-order valence-electron chi connectivity index (χ0n) is 46.6. The molecular formula is C62H107NO8P+. The first-order chi connectivity index (χ1) is 35.0. The number of ether oxygens (including phenoxy) is 2. The predicted molar refractivity (Wildman–Crippen MR) is 307 cm³/mol. The van der Waals surface area contributed by atoms with Crippen molar-refractivity contribution in [2.75, 3.05) is 47.5 Å². The highest BCUT2D eigenvalue weighted by Gasteiger charge is 2.27. The molecule has 0 bridgehead atoms. The van der Waals surface area contributed by atoms with E-state index in [0.29, 0.717) is 17.4 Å². The van der Waals surface area contributed by atoms with Crippen LogP contribution < -0.4 is 0 Å². The van der Waals surface area contributed by atoms with Crippen LogP contribution in [0.5, 0.6) is 0 Å². The normalized spacial score (nSPS) is 14.1. The second-order valence-corrected chi connectivity index (χ2v) is 21.4. The Labute approximate surface area is 442 Å². The van der Waals surface area contributed by atoms with Crippen molar-refractivity contribution < 1.29 is 42.1 Å². The summed E-state index contributed by atoms with van der Waals surface area (Å²) in [7, 11) is 1.46. The average Bonchev–Trinajstić information content (AvgIpc) is 3.34. The lowest BCUT2D eigenvalue weighted by Gasteiger charge is -2.24. The Bertz CT molecular complexity index is 1580. The smallest absolute Gasteiger partial charge is 0.462 e. The van der Waals surface area contributed by atoms with Crippen molar-refractivity contribution in [2.24, 2.45) is 0 Å². The Balaban J connectivity index is 4.09. The number of quaternary nitrogens is 1. The number of hydrogen-bond acceptors (Lipinski definition) is 7. The average molecular weight is 1030 g/mol. The van der Waals surface area contributed by atoms with Gasteiger partial charge < -0.3 is 18.9 Å². The number of carbonyl (C=O) groups excluding carboxylic acids is 2. The standard InChI is InChI=1S/C62H106NO8P/c1-6-8-10-12-14-16-18-19-20-21-22-23-24-25-26-27-28-29-30-31-32-33-34-35-36-37-38-39-40-41-42-43-45-47-49-51-53-55-62(65)71-60(59-70-72(66,67)69-57-56-63(3,4)5)58-68-61(64)54-52-50-48-46-44-17-15-13-11-9-7-2/h8,10,14,16,19-20,22-23,25-26,28-29,31-32,34-35,37-38,60H,6-7,9,11-13,15,17-18,21,24,27,30,33,36,39-59H2,1-5H3/p+1/b10-8-,16-14-,20-19-,23-22-,26-25-,29-28-,32-31-,35-34-,38-37-. The Morgan fingerprint density at radius 2 is 0.792 bits per heavy atom. The maximum atomic E-state index is 12.8. The van der Waals surface area contributed by atoms with Gasteiger partial charge in [0.2, 0.25) is 0 Å². The Kier molecular flexibility index (Phi) is 50.1. The van der Waals surface area contributed by atoms with E-state index in [-0.39, 0.29) is 32.0 Å². The summed E-state index contributed by atoms with van der Waals surface area (Å²) in [6.45, 7) is 4.29. The summed E-state index contributed by atoms with van der Waals surface area (Å²) >= 11 is 0. The van der Waals surface area contributed by atoms with E-state index >= 15 is 0 Å². The van der Waals surface area contributed by atoms with E-state index < -0.39 is 26.5 Å². The van der Waals surface area contributed by atoms with Crippen LogP contribution in [-0.2, 0) is 32.7 Å². The van der Waals surface area contributed by atoms with Crippen LogP contribution in [0.3, 0.4) is 0 Å². The van der Waals surface area contributed by atoms with Crippen LogP contribution in [0.1, 0.15) is 219 Å². The van der Waals surface area contributed by atoms with Crippen molar-refractivity contribution in [3.63, 3.8) is 0 Å². The highest BCUT2D eigenvalue weighted by atomic mass is 31.2. The van der Waals surface area contributed by atoms with Crippen LogP contribution in [0.15, 0.2) is 109 Å². The van der Waals surface area contributed by atoms with Crippen LogP contribution in [0.25, 0.3) is 0 Å². The molecule has 2 atom stereocenters. The molecule has 9 nitrogen and oxygen atoms in total. The monoisotopic (exact) mass is 1020 g/mol. The Morgan fingerprint density at radius 3 is 1.18 bits per heavy atom. The zero-order chi connectivity index (χ0) is 52.7. The number of phosphoric ester groups is 1. The molecule has 0 rings (SSSR count). The lowest BCUT2D eigenvalue weighted by Crippen LogP contribution is -2.37. The van der Waals surface area contributed by atoms with Crippen LogP contribution in [-0.4, -0.2) is 74.9 Å². The predicted octanol–water partition coefficient (Wildman–Crippen LogP) is 17.8. The summed E-state index contributed by atoms with van der Waals surface area (Å²) in [5.74, 6) is -0.809. The molecule has 0 saturated heterocycles. The highest BCUT2D eigenvalue weighted by Crippen LogP contribution is 2.43. The third kappa shape index (κ3) is 56.0. The number of likely N-dealkylation sites (N-methyl/N-ethyl adjacent to an activating group) is 1. The molecule has 0 spiro atoms. The van der Waals surface area contributed by atoms with E-state index in [1.807, 2.05) is 21.1 Å². The molecule has 0 saturated carbocycles. The Morgan fingerprint density at radius 1 is 0.444 bits per heavy atom. The van der Waals surface area contributed by atoms with E-state index in [9.17, 15) is 19.0 Å². The first-order valence-electron chi connectivity index (χ1n) is 28.6. The van der Waals surface area contributed by atoms with Gasteiger partial charge in [0.05, 0.1) is 27.7 Å². The van der Waals surface area contributed by atoms with Gasteiger partial charge in [0.25, 0.3) is 0 Å². The number of rotatable bonds is 51. The van der Waals surface area contributed by atoms with Crippen LogP contribution in [0.2, 0.25) is 0 Å². The molecule has 0 heterocycles. The van der Waals surface area contributed by atoms with E-state index in [0.717, 1.165) is 103 Å². The zero-order valence-corrected chi connectivity index (χ0v) is 47.5. The van der Waals surface area contributed by atoms with E-state index in [1.165, 1.54) is 83.5 Å². The third-order valence-corrected chi connectivity index (χ3v) is 12.8. The molecule has 10 heteroatoms. The van der Waals surface area contributed by atoms with Gasteiger partial charge in [0.1, 0.15) is 19.8 Å². The van der Waals surface area contributed by atoms with Crippen LogP contribution in [0.4, 0.5) is 0 Å². The minimum atomic E-state index is -4.39. The highest BCUT2D eigenvalue weighted by molar-refractivity contribution is 7.47. The van der Waals surface area contributed by atoms with Gasteiger partial charge in [-0.25, -0.2) is 4.57 Å². The largest absolute Gasteiger partial charge is 0.472 e. The number of hydrogen-bond donors (Lipinski definition) is 1. The van der Waals surface area contributed by atoms with Crippen molar-refractivity contribution in [1.82, 2.24) is 0 Å². The van der Waals surface area contributed by atoms with E-state index in [1.54, 1.807) is 0 Å². The number of phosphoric acid groups is 1. The molecule has 0 aliphatic heterocycles. The summed E-state index contributed by atoms with van der Waals surface area (Å²) in [5, 5.41) is 0. The molecule has 0 amide bonds. The maximum absolute atomic E-state index is 12.8. The molecule has 0 fully saturated rings. The SMILES string of the molecule is CC/C=C\C/C=C\C/C=C\C/C=C\C/C=C\C/C=C\C/C=C\C/C=C\C/C=C\CCCCCCCCCCCC(=O)OC(COC(=O)CCCCCCCCCCCCC)COP(=O)(O)OCC[N+](C)(C)C. The minimum Gasteiger partial charge on any atom is -0.462 e. The minimum absolute atomic E-state index is 0.0269. The number of carbonyl (C=O) groups is 2. The van der Waals surface area contributed by atoms with Crippen molar-refractivity contribution in [3.05, 3.63) is 109 Å². The first-order valence-corrected chi connectivity index (χ1v) is 30.1. The van der Waals surface area contributed by atoms with E-state index in [4.69, 9.17) is 18.5 Å². The molecule has 0 aromatic carbocycles. The third-order valence-electron chi connectivity index (χ3n) is 11.8. The molecule has 2 unspecified atom stereocenters. The quantitative estimate of drug-likeness (QED) is 0.0211. The van der Waals surface area contributed by atoms with Gasteiger partial charge in [-0.2, -0.15) is 0 Å². The van der Waals surface area contributed by atoms with Gasteiger partial charge in [0.15, 0.2) is 6.10 Å². The van der Waals surface area contributed by atoms with Crippen molar-refractivity contribution in [1.29, 1.82) is 0 Å². The fraction of sp³-hybridized carbons (Fsp3) is 0.677. The second-order valence-electron chi connectivity index (χ2n) is 19.9. The molecule has 412 valence electrons. The van der Waals surface area contributed by atoms with Crippen LogP contribution in [0, 0.1) is 0 Å². The lowest BCUT2D eigenvalue weighted by molar-refractivity contribution is -0.870. The molecule has 0 aromatic heterocycles. The summed E-state index contributed by atoms with van der Waals surface area (Å²) in [6, 6.07) is 0. The van der Waals surface area contributed by atoms with Crippen molar-refractivity contribution in [3.8, 4) is 0 Å². The van der Waals surface area contributed by atoms with E-state index in [2.05, 4.69) is 123 Å². The second kappa shape index (κ2) is 52.5. The maximum Gasteiger partial charge on any atom is 0.472 e. The first kappa shape index (κ1) is 68.7. The van der Waals surface area contributed by atoms with Gasteiger partial charge in [-0.15, -0.1) is 0 Å². The summed E-state index contributed by atoms with van der Waals surface area (Å²) in [6.07, 6.45) is 73.1. The van der Waals surface area contributed by atoms with Gasteiger partial charge in [-0.05, 0) is 83.5 Å². The van der Waals surface area contributed by atoms with Crippen molar-refractivity contribution >= 4 is 19.8 Å².